The lowest BCUT2D eigenvalue weighted by atomic mass is 10.1. The van der Waals surface area contributed by atoms with Crippen LogP contribution in [0.15, 0.2) is 17.0 Å². The van der Waals surface area contributed by atoms with Gasteiger partial charge in [-0.15, -0.1) is 0 Å². The molecule has 3 aliphatic heterocycles. The fourth-order valence-electron chi connectivity index (χ4n) is 4.91. The lowest BCUT2D eigenvalue weighted by molar-refractivity contribution is -0.661. The first-order chi connectivity index (χ1) is 19.0. The van der Waals surface area contributed by atoms with Crippen molar-refractivity contribution in [3.05, 3.63) is 17.7 Å². The Morgan fingerprint density at radius 3 is 2.08 bits per heavy atom. The average Bonchev–Trinajstić information content (AvgIpc) is 2.96. The maximum Gasteiger partial charge on any atom is 0.430 e. The van der Waals surface area contributed by atoms with E-state index in [2.05, 4.69) is 15.1 Å². The molecule has 226 valence electrons. The van der Waals surface area contributed by atoms with Crippen molar-refractivity contribution >= 4 is 33.1 Å². The maximum absolute atomic E-state index is 13.6. The first kappa shape index (κ1) is 31.9. The number of amides is 1. The van der Waals surface area contributed by atoms with E-state index in [1.54, 1.807) is 6.07 Å². The molecular formula is C25H37F3N4O7S. The van der Waals surface area contributed by atoms with Gasteiger partial charge in [0, 0.05) is 32.8 Å². The monoisotopic (exact) mass is 594 g/mol. The Balaban J connectivity index is 0.000000559. The lowest BCUT2D eigenvalue weighted by Crippen LogP contribution is -2.89. The van der Waals surface area contributed by atoms with Crippen LogP contribution in [-0.4, -0.2) is 114 Å². The van der Waals surface area contributed by atoms with Crippen molar-refractivity contribution in [3.8, 4) is 0 Å². The number of morpholine rings is 1. The molecule has 0 unspecified atom stereocenters. The molecule has 3 saturated heterocycles. The third-order valence-corrected chi connectivity index (χ3v) is 8.81. The minimum absolute atomic E-state index is 0.103. The molecule has 3 N–H and O–H groups in total. The number of ether oxygens (including phenoxy) is 1. The number of hydrogen-bond donors (Lipinski definition) is 2. The van der Waals surface area contributed by atoms with Gasteiger partial charge in [-0.25, -0.2) is 8.42 Å². The number of carbonyl (C=O) groups excluding carboxylic acids is 2. The highest BCUT2D eigenvalue weighted by Crippen LogP contribution is 2.37. The Morgan fingerprint density at radius 2 is 1.52 bits per heavy atom. The number of quaternary nitrogens is 1. The number of carboxylic acids is 1. The fraction of sp³-hybridized carbons (Fsp3) is 0.680. The number of nitrogens with two attached hydrogens (primary N) is 1. The number of piperazine rings is 1. The Morgan fingerprint density at radius 1 is 0.950 bits per heavy atom. The quantitative estimate of drug-likeness (QED) is 0.405. The van der Waals surface area contributed by atoms with Gasteiger partial charge in [0.15, 0.2) is 9.84 Å². The number of rotatable bonds is 7. The van der Waals surface area contributed by atoms with Gasteiger partial charge in [-0.1, -0.05) is 0 Å². The molecule has 0 atom stereocenters. The fourth-order valence-corrected chi connectivity index (χ4v) is 6.45. The van der Waals surface area contributed by atoms with Crippen molar-refractivity contribution in [3.63, 3.8) is 0 Å². The predicted octanol–water partition coefficient (Wildman–Crippen LogP) is -1.01. The number of aliphatic carboxylic acids is 1. The van der Waals surface area contributed by atoms with E-state index in [4.69, 9.17) is 14.6 Å². The van der Waals surface area contributed by atoms with Gasteiger partial charge in [0.1, 0.15) is 5.97 Å². The number of sulfone groups is 1. The van der Waals surface area contributed by atoms with Gasteiger partial charge in [0.25, 0.3) is 5.91 Å². The zero-order valence-corrected chi connectivity index (χ0v) is 23.1. The molecule has 15 heteroatoms. The van der Waals surface area contributed by atoms with E-state index < -0.39 is 22.0 Å². The number of alkyl halides is 3. The summed E-state index contributed by atoms with van der Waals surface area (Å²) < 4.78 is 63.9. The molecule has 0 saturated carbocycles. The predicted molar refractivity (Wildman–Crippen MR) is 138 cm³/mol. The summed E-state index contributed by atoms with van der Waals surface area (Å²) in [5.74, 6) is -3.24. The van der Waals surface area contributed by atoms with E-state index in [1.165, 1.54) is 0 Å². The number of aliphatic hydroxyl groups excluding tert-OH is 1. The Kier molecular flexibility index (Phi) is 11.4. The van der Waals surface area contributed by atoms with Gasteiger partial charge in [0.05, 0.1) is 67.0 Å². The molecule has 1 aromatic rings. The number of aliphatic hydroxyl groups is 1. The van der Waals surface area contributed by atoms with Crippen LogP contribution in [0.4, 0.5) is 24.5 Å². The van der Waals surface area contributed by atoms with Crippen LogP contribution < -0.4 is 20.2 Å². The minimum atomic E-state index is -5.19. The van der Waals surface area contributed by atoms with Crippen LogP contribution in [0.3, 0.4) is 0 Å². The first-order valence-electron chi connectivity index (χ1n) is 13.4. The van der Waals surface area contributed by atoms with E-state index in [9.17, 15) is 31.5 Å². The summed E-state index contributed by atoms with van der Waals surface area (Å²) in [5.41, 5.74) is 1.96. The van der Waals surface area contributed by atoms with Gasteiger partial charge in [0.2, 0.25) is 0 Å². The van der Waals surface area contributed by atoms with Crippen LogP contribution in [0.25, 0.3) is 0 Å². The lowest BCUT2D eigenvalue weighted by Gasteiger charge is -2.35. The second-order valence-electron chi connectivity index (χ2n) is 9.82. The molecule has 0 radical (unpaired) electrons. The van der Waals surface area contributed by atoms with Crippen molar-refractivity contribution in [1.82, 2.24) is 4.90 Å². The molecule has 40 heavy (non-hydrogen) atoms. The number of benzene rings is 1. The zero-order valence-electron chi connectivity index (χ0n) is 22.3. The van der Waals surface area contributed by atoms with Crippen LogP contribution in [0.2, 0.25) is 0 Å². The average molecular weight is 595 g/mol. The Labute approximate surface area is 231 Å². The third kappa shape index (κ3) is 8.44. The molecule has 1 amide bonds. The molecule has 4 rings (SSSR count). The molecule has 1 aromatic carbocycles. The van der Waals surface area contributed by atoms with Crippen LogP contribution >= 0.6 is 0 Å². The minimum Gasteiger partial charge on any atom is -0.542 e. The highest BCUT2D eigenvalue weighted by Gasteiger charge is 2.31. The molecule has 0 aromatic heterocycles. The van der Waals surface area contributed by atoms with E-state index in [1.807, 2.05) is 11.0 Å². The standard InChI is InChI=1S/C23H36N4O5S.C2HF3O2/c28-13-4-16-33(30,31)22-17-19(23(29)27-9-5-24-6-10-27)20(26-11-14-32-15-12-26)18-21(22)25-7-2-1-3-8-25;3-2(4,5)1(6)7/h17-18,24,28H,1-16H2;(H,6,7). The summed E-state index contributed by atoms with van der Waals surface area (Å²) in [7, 11) is -3.66. The van der Waals surface area contributed by atoms with Crippen molar-refractivity contribution in [2.75, 3.05) is 87.7 Å². The van der Waals surface area contributed by atoms with Crippen molar-refractivity contribution in [2.24, 2.45) is 0 Å². The highest BCUT2D eigenvalue weighted by molar-refractivity contribution is 7.91. The van der Waals surface area contributed by atoms with E-state index >= 15 is 0 Å². The van der Waals surface area contributed by atoms with Crippen molar-refractivity contribution < 1.29 is 51.4 Å². The number of anilines is 2. The summed E-state index contributed by atoms with van der Waals surface area (Å²) in [6, 6.07) is 3.56. The van der Waals surface area contributed by atoms with Crippen molar-refractivity contribution in [1.29, 1.82) is 0 Å². The van der Waals surface area contributed by atoms with Crippen LogP contribution in [0.1, 0.15) is 36.0 Å². The third-order valence-electron chi connectivity index (χ3n) is 6.99. The number of hydrogen-bond acceptors (Lipinski definition) is 9. The van der Waals surface area contributed by atoms with E-state index in [-0.39, 0.29) is 29.6 Å². The van der Waals surface area contributed by atoms with E-state index in [0.29, 0.717) is 50.6 Å². The normalized spacial score (nSPS) is 18.6. The molecule has 3 heterocycles. The number of carbonyl (C=O) groups is 2. The Hall–Kier alpha value is -2.62. The van der Waals surface area contributed by atoms with Crippen LogP contribution in [0, 0.1) is 0 Å². The Bertz CT molecular complexity index is 1120. The summed E-state index contributed by atoms with van der Waals surface area (Å²) in [6.07, 6.45) is -1.83. The molecule has 3 fully saturated rings. The van der Waals surface area contributed by atoms with Crippen LogP contribution in [-0.2, 0) is 19.4 Å². The smallest absolute Gasteiger partial charge is 0.430 e. The van der Waals surface area contributed by atoms with Gasteiger partial charge in [-0.3, -0.25) is 4.79 Å². The number of nitrogens with zero attached hydrogens (tertiary/aromatic N) is 3. The van der Waals surface area contributed by atoms with Crippen molar-refractivity contribution in [2.45, 2.75) is 36.8 Å². The summed E-state index contributed by atoms with van der Waals surface area (Å²) in [5, 5.41) is 20.2. The molecule has 0 aliphatic carbocycles. The molecular weight excluding hydrogens is 557 g/mol. The molecule has 3 aliphatic rings. The largest absolute Gasteiger partial charge is 0.542 e. The number of carboxylic acid groups (broad SMARTS) is 1. The summed E-state index contributed by atoms with van der Waals surface area (Å²) in [4.78, 5) is 28.8. The topological polar surface area (TPSA) is 147 Å². The highest BCUT2D eigenvalue weighted by atomic mass is 32.2. The molecule has 0 bridgehead atoms. The zero-order chi connectivity index (χ0) is 29.3. The van der Waals surface area contributed by atoms with Gasteiger partial charge >= 0.3 is 6.18 Å². The number of piperidine rings is 1. The number of halogens is 3. The second kappa shape index (κ2) is 14.3. The van der Waals surface area contributed by atoms with Gasteiger partial charge in [-0.2, -0.15) is 13.2 Å². The van der Waals surface area contributed by atoms with Crippen LogP contribution in [0.5, 0.6) is 0 Å². The van der Waals surface area contributed by atoms with Gasteiger partial charge < -0.3 is 39.8 Å². The molecule has 11 nitrogen and oxygen atoms in total. The second-order valence-corrected chi connectivity index (χ2v) is 11.9. The maximum atomic E-state index is 13.6. The molecule has 0 spiro atoms. The first-order valence-corrected chi connectivity index (χ1v) is 15.1. The SMILES string of the molecule is O=C([O-])C(F)(F)F.O=C(c1cc(S(=O)(=O)CCCO)c(N2CCCCC2)cc1N1CCOCC1)N1CC[NH2+]CC1. The summed E-state index contributed by atoms with van der Waals surface area (Å²) >= 11 is 0. The summed E-state index contributed by atoms with van der Waals surface area (Å²) in [6.45, 7) is 6.96. The van der Waals surface area contributed by atoms with E-state index in [0.717, 1.165) is 51.1 Å². The van der Waals surface area contributed by atoms with Gasteiger partial charge in [-0.05, 0) is 37.8 Å².